The van der Waals surface area contributed by atoms with Crippen molar-refractivity contribution < 1.29 is 0 Å². The molecule has 0 spiro atoms. The van der Waals surface area contributed by atoms with E-state index in [1.807, 2.05) is 12.1 Å². The maximum atomic E-state index is 6.29. The molecule has 3 aromatic carbocycles. The number of hydrogen-bond acceptors (Lipinski definition) is 0. The molecule has 29 heavy (non-hydrogen) atoms. The highest BCUT2D eigenvalue weighted by Gasteiger charge is 2.28. The first kappa shape index (κ1) is 16.9. The number of rotatable bonds is 2. The molecule has 142 valence electrons. The third kappa shape index (κ3) is 2.42. The molecule has 3 heterocycles. The van der Waals surface area contributed by atoms with Gasteiger partial charge in [-0.25, -0.2) is 0 Å². The third-order valence-corrected chi connectivity index (χ3v) is 6.57. The van der Waals surface area contributed by atoms with Gasteiger partial charge in [0.25, 0.3) is 0 Å². The molecular formula is C26H21ClN2. The molecule has 0 saturated heterocycles. The van der Waals surface area contributed by atoms with Crippen LogP contribution in [0.2, 0.25) is 5.02 Å². The number of halogens is 1. The fourth-order valence-electron chi connectivity index (χ4n) is 5.12. The number of hydrogen-bond donors (Lipinski definition) is 0. The highest BCUT2D eigenvalue weighted by atomic mass is 35.5. The Morgan fingerprint density at radius 3 is 2.41 bits per heavy atom. The van der Waals surface area contributed by atoms with E-state index in [-0.39, 0.29) is 0 Å². The second-order valence-corrected chi connectivity index (χ2v) is 8.39. The molecule has 0 saturated carbocycles. The standard InChI is InChI=1S/C26H21ClN2/c1-17-20-9-2-4-11-23(20)28-14-13-22-21-10-3-5-12-24(21)29(26(22)25(17)28)16-18-7-6-8-19(27)15-18/h2-12,15H,13-14,16H2,1H3. The van der Waals surface area contributed by atoms with Crippen LogP contribution in [0.25, 0.3) is 33.2 Å². The topological polar surface area (TPSA) is 9.86 Å². The van der Waals surface area contributed by atoms with Gasteiger partial charge in [0.05, 0.1) is 11.4 Å². The summed E-state index contributed by atoms with van der Waals surface area (Å²) in [4.78, 5) is 0. The molecule has 0 unspecified atom stereocenters. The van der Waals surface area contributed by atoms with Gasteiger partial charge in [-0.05, 0) is 54.3 Å². The minimum absolute atomic E-state index is 0.790. The second-order valence-electron chi connectivity index (χ2n) is 7.95. The lowest BCUT2D eigenvalue weighted by molar-refractivity contribution is 0.694. The highest BCUT2D eigenvalue weighted by Crippen LogP contribution is 2.43. The zero-order valence-corrected chi connectivity index (χ0v) is 17.1. The van der Waals surface area contributed by atoms with Gasteiger partial charge in [-0.2, -0.15) is 0 Å². The van der Waals surface area contributed by atoms with Crippen molar-refractivity contribution in [1.82, 2.24) is 9.13 Å². The predicted molar refractivity (Wildman–Crippen MR) is 122 cm³/mol. The second kappa shape index (κ2) is 6.27. The van der Waals surface area contributed by atoms with E-state index >= 15 is 0 Å². The first-order valence-electron chi connectivity index (χ1n) is 10.1. The molecule has 0 N–H and O–H groups in total. The van der Waals surface area contributed by atoms with E-state index in [0.29, 0.717) is 0 Å². The van der Waals surface area contributed by atoms with E-state index in [9.17, 15) is 0 Å². The molecule has 5 aromatic rings. The molecule has 0 atom stereocenters. The highest BCUT2D eigenvalue weighted by molar-refractivity contribution is 6.30. The van der Waals surface area contributed by atoms with Crippen LogP contribution < -0.4 is 0 Å². The van der Waals surface area contributed by atoms with Crippen molar-refractivity contribution in [3.05, 3.63) is 94.5 Å². The Kier molecular flexibility index (Phi) is 3.66. The number of aromatic nitrogens is 2. The first-order valence-corrected chi connectivity index (χ1v) is 10.5. The van der Waals surface area contributed by atoms with Crippen molar-refractivity contribution >= 4 is 33.4 Å². The Morgan fingerprint density at radius 2 is 1.59 bits per heavy atom. The van der Waals surface area contributed by atoms with Gasteiger partial charge >= 0.3 is 0 Å². The van der Waals surface area contributed by atoms with Gasteiger partial charge in [0.2, 0.25) is 0 Å². The maximum Gasteiger partial charge on any atom is 0.0698 e. The first-order chi connectivity index (χ1) is 14.2. The molecule has 0 amide bonds. The van der Waals surface area contributed by atoms with Crippen molar-refractivity contribution in [1.29, 1.82) is 0 Å². The monoisotopic (exact) mass is 396 g/mol. The fraction of sp³-hybridized carbons (Fsp3) is 0.154. The number of benzene rings is 3. The van der Waals surface area contributed by atoms with Gasteiger partial charge in [0, 0.05) is 39.9 Å². The van der Waals surface area contributed by atoms with Crippen LogP contribution in [-0.2, 0) is 19.5 Å². The number of fused-ring (bicyclic) bond motifs is 7. The van der Waals surface area contributed by atoms with Gasteiger partial charge < -0.3 is 9.13 Å². The summed E-state index contributed by atoms with van der Waals surface area (Å²) in [5.74, 6) is 0. The van der Waals surface area contributed by atoms with Crippen LogP contribution in [0, 0.1) is 6.92 Å². The largest absolute Gasteiger partial charge is 0.339 e. The predicted octanol–water partition coefficient (Wildman–Crippen LogP) is 6.83. The quantitative estimate of drug-likeness (QED) is 0.309. The lowest BCUT2D eigenvalue weighted by Gasteiger charge is -2.21. The van der Waals surface area contributed by atoms with Crippen molar-refractivity contribution in [2.45, 2.75) is 26.4 Å². The van der Waals surface area contributed by atoms with Crippen LogP contribution in [0.5, 0.6) is 0 Å². The molecule has 0 radical (unpaired) electrons. The molecule has 3 heteroatoms. The van der Waals surface area contributed by atoms with E-state index < -0.39 is 0 Å². The molecule has 0 aliphatic carbocycles. The summed E-state index contributed by atoms with van der Waals surface area (Å²) in [6, 6.07) is 25.8. The van der Waals surface area contributed by atoms with Gasteiger partial charge in [0.15, 0.2) is 0 Å². The SMILES string of the molecule is Cc1c2n(c3ccccc13)CCc1c-2n(Cc2cccc(Cl)c2)c2ccccc12. The van der Waals surface area contributed by atoms with Crippen LogP contribution in [0.15, 0.2) is 72.8 Å². The molecule has 2 nitrogen and oxygen atoms in total. The molecule has 0 bridgehead atoms. The average Bonchev–Trinajstić information content (AvgIpc) is 3.22. The van der Waals surface area contributed by atoms with Crippen molar-refractivity contribution in [3.63, 3.8) is 0 Å². The lowest BCUT2D eigenvalue weighted by atomic mass is 10.0. The Balaban J connectivity index is 1.69. The summed E-state index contributed by atoms with van der Waals surface area (Å²) in [5.41, 5.74) is 9.45. The van der Waals surface area contributed by atoms with Gasteiger partial charge in [-0.3, -0.25) is 0 Å². The van der Waals surface area contributed by atoms with Gasteiger partial charge in [-0.1, -0.05) is 60.1 Å². The van der Waals surface area contributed by atoms with Gasteiger partial charge in [0.1, 0.15) is 0 Å². The number of aryl methyl sites for hydroxylation is 3. The van der Waals surface area contributed by atoms with Crippen molar-refractivity contribution in [3.8, 4) is 11.4 Å². The lowest BCUT2D eigenvalue weighted by Crippen LogP contribution is -2.13. The maximum absolute atomic E-state index is 6.29. The Labute approximate surface area is 175 Å². The van der Waals surface area contributed by atoms with E-state index in [0.717, 1.165) is 24.5 Å². The van der Waals surface area contributed by atoms with Crippen LogP contribution in [-0.4, -0.2) is 9.13 Å². The molecule has 6 rings (SSSR count). The smallest absolute Gasteiger partial charge is 0.0698 e. The zero-order chi connectivity index (χ0) is 19.5. The Hall–Kier alpha value is -2.97. The Morgan fingerprint density at radius 1 is 0.828 bits per heavy atom. The summed E-state index contributed by atoms with van der Waals surface area (Å²) < 4.78 is 5.01. The minimum Gasteiger partial charge on any atom is -0.339 e. The molecule has 2 aromatic heterocycles. The fourth-order valence-corrected chi connectivity index (χ4v) is 5.33. The summed E-state index contributed by atoms with van der Waals surface area (Å²) in [7, 11) is 0. The average molecular weight is 397 g/mol. The van der Waals surface area contributed by atoms with E-state index in [4.69, 9.17) is 11.6 Å². The summed E-state index contributed by atoms with van der Waals surface area (Å²) in [6.45, 7) is 4.11. The van der Waals surface area contributed by atoms with Crippen molar-refractivity contribution in [2.75, 3.05) is 0 Å². The van der Waals surface area contributed by atoms with E-state index in [1.165, 1.54) is 49.9 Å². The van der Waals surface area contributed by atoms with Crippen LogP contribution in [0.4, 0.5) is 0 Å². The van der Waals surface area contributed by atoms with E-state index in [2.05, 4.69) is 76.7 Å². The van der Waals surface area contributed by atoms with Crippen molar-refractivity contribution in [2.24, 2.45) is 0 Å². The normalized spacial score (nSPS) is 13.0. The van der Waals surface area contributed by atoms with Crippen LogP contribution in [0.1, 0.15) is 16.7 Å². The summed E-state index contributed by atoms with van der Waals surface area (Å²) in [5, 5.41) is 3.52. The van der Waals surface area contributed by atoms with Crippen LogP contribution >= 0.6 is 11.6 Å². The summed E-state index contributed by atoms with van der Waals surface area (Å²) >= 11 is 6.29. The molecular weight excluding hydrogens is 376 g/mol. The minimum atomic E-state index is 0.790. The number of para-hydroxylation sites is 2. The summed E-state index contributed by atoms with van der Waals surface area (Å²) in [6.07, 6.45) is 1.06. The Bertz CT molecular complexity index is 1400. The van der Waals surface area contributed by atoms with Gasteiger partial charge in [-0.15, -0.1) is 0 Å². The third-order valence-electron chi connectivity index (χ3n) is 6.34. The molecule has 1 aliphatic heterocycles. The zero-order valence-electron chi connectivity index (χ0n) is 16.3. The molecule has 1 aliphatic rings. The van der Waals surface area contributed by atoms with Crippen LogP contribution in [0.3, 0.4) is 0 Å². The van der Waals surface area contributed by atoms with E-state index in [1.54, 1.807) is 0 Å². The number of nitrogens with zero attached hydrogens (tertiary/aromatic N) is 2. The molecule has 0 fully saturated rings.